The Labute approximate surface area is 214 Å². The molecule has 0 bridgehead atoms. The van der Waals surface area contributed by atoms with Crippen molar-refractivity contribution < 1.29 is 24.0 Å². The van der Waals surface area contributed by atoms with E-state index in [2.05, 4.69) is 5.32 Å². The highest BCUT2D eigenvalue weighted by Crippen LogP contribution is 2.40. The second-order valence-electron chi connectivity index (χ2n) is 8.43. The van der Waals surface area contributed by atoms with Gasteiger partial charge in [0.05, 0.1) is 28.6 Å². The third-order valence-electron chi connectivity index (χ3n) is 5.81. The number of non-ortho nitro benzene ring substituents is 1. The van der Waals surface area contributed by atoms with Gasteiger partial charge < -0.3 is 14.8 Å². The maximum absolute atomic E-state index is 13.3. The van der Waals surface area contributed by atoms with Crippen molar-refractivity contribution >= 4 is 17.6 Å². The summed E-state index contributed by atoms with van der Waals surface area (Å²) in [4.78, 5) is 39.1. The molecule has 10 nitrogen and oxygen atoms in total. The quantitative estimate of drug-likeness (QED) is 0.293. The summed E-state index contributed by atoms with van der Waals surface area (Å²) >= 11 is 0. The molecule has 1 aliphatic rings. The summed E-state index contributed by atoms with van der Waals surface area (Å²) in [5.41, 5.74) is 1.38. The molecule has 0 amide bonds. The Morgan fingerprint density at radius 2 is 1.81 bits per heavy atom. The molecule has 0 aliphatic carbocycles. The van der Waals surface area contributed by atoms with Gasteiger partial charge in [-0.1, -0.05) is 42.5 Å². The van der Waals surface area contributed by atoms with E-state index in [1.807, 2.05) is 48.3 Å². The lowest BCUT2D eigenvalue weighted by Gasteiger charge is -2.29. The number of rotatable bonds is 10. The molecular weight excluding hydrogens is 476 g/mol. The number of dihydropyridines is 1. The lowest BCUT2D eigenvalue weighted by molar-refractivity contribution is -0.384. The molecule has 0 saturated carbocycles. The fourth-order valence-corrected chi connectivity index (χ4v) is 4.11. The number of hydrogen-bond acceptors (Lipinski definition) is 9. The fraction of sp³-hybridized carbons (Fsp3) is 0.296. The molecule has 1 aliphatic heterocycles. The van der Waals surface area contributed by atoms with Crippen LogP contribution in [0.5, 0.6) is 0 Å². The van der Waals surface area contributed by atoms with Gasteiger partial charge in [-0.25, -0.2) is 9.59 Å². The lowest BCUT2D eigenvalue weighted by Crippen LogP contribution is -2.33. The highest BCUT2D eigenvalue weighted by Gasteiger charge is 2.39. The Hall–Kier alpha value is -4.49. The van der Waals surface area contributed by atoms with E-state index in [0.717, 1.165) is 5.56 Å². The third kappa shape index (κ3) is 6.59. The average Bonchev–Trinajstić information content (AvgIpc) is 2.88. The first-order valence-corrected chi connectivity index (χ1v) is 11.7. The average molecular weight is 505 g/mol. The number of nitrogens with zero attached hydrogens (tertiary/aromatic N) is 3. The van der Waals surface area contributed by atoms with Crippen LogP contribution in [0.15, 0.2) is 77.1 Å². The fourth-order valence-electron chi connectivity index (χ4n) is 4.11. The van der Waals surface area contributed by atoms with Crippen molar-refractivity contribution in [1.29, 1.82) is 5.26 Å². The number of carbonyl (C=O) groups is 2. The minimum atomic E-state index is -1.09. The maximum atomic E-state index is 13.3. The van der Waals surface area contributed by atoms with Crippen LogP contribution in [-0.4, -0.2) is 48.6 Å². The number of hydrogen-bond donors (Lipinski definition) is 1. The second-order valence-corrected chi connectivity index (χ2v) is 8.43. The van der Waals surface area contributed by atoms with E-state index in [-0.39, 0.29) is 35.7 Å². The van der Waals surface area contributed by atoms with Crippen LogP contribution in [0.2, 0.25) is 0 Å². The largest absolute Gasteiger partial charge is 0.463 e. The maximum Gasteiger partial charge on any atom is 0.337 e. The van der Waals surface area contributed by atoms with Gasteiger partial charge in [-0.15, -0.1) is 0 Å². The first-order chi connectivity index (χ1) is 17.8. The molecule has 3 rings (SSSR count). The minimum Gasteiger partial charge on any atom is -0.463 e. The van der Waals surface area contributed by atoms with Crippen molar-refractivity contribution in [3.8, 4) is 6.07 Å². The summed E-state index contributed by atoms with van der Waals surface area (Å²) in [7, 11) is 1.90. The number of allylic oxidation sites excluding steroid dienone is 2. The monoisotopic (exact) mass is 504 g/mol. The van der Waals surface area contributed by atoms with Crippen molar-refractivity contribution in [1.82, 2.24) is 10.2 Å². The summed E-state index contributed by atoms with van der Waals surface area (Å²) in [5.74, 6) is -2.60. The third-order valence-corrected chi connectivity index (χ3v) is 5.81. The normalized spacial score (nSPS) is 15.2. The number of nitrogens with one attached hydrogen (secondary N) is 1. The molecule has 1 atom stereocenters. The summed E-state index contributed by atoms with van der Waals surface area (Å²) in [6, 6.07) is 17.4. The number of nitro benzene ring substituents is 1. The molecule has 0 aromatic heterocycles. The van der Waals surface area contributed by atoms with E-state index in [4.69, 9.17) is 9.47 Å². The van der Waals surface area contributed by atoms with Crippen molar-refractivity contribution in [2.24, 2.45) is 0 Å². The molecule has 37 heavy (non-hydrogen) atoms. The van der Waals surface area contributed by atoms with Crippen LogP contribution in [0, 0.1) is 21.4 Å². The highest BCUT2D eigenvalue weighted by molar-refractivity contribution is 6.00. The molecule has 2 aromatic carbocycles. The van der Waals surface area contributed by atoms with E-state index in [0.29, 0.717) is 24.4 Å². The molecule has 0 radical (unpaired) electrons. The Morgan fingerprint density at radius 1 is 1.11 bits per heavy atom. The van der Waals surface area contributed by atoms with E-state index >= 15 is 0 Å². The van der Waals surface area contributed by atoms with Crippen molar-refractivity contribution in [3.05, 3.63) is 98.4 Å². The zero-order valence-electron chi connectivity index (χ0n) is 20.9. The van der Waals surface area contributed by atoms with Gasteiger partial charge in [0, 0.05) is 30.9 Å². The number of nitriles is 1. The van der Waals surface area contributed by atoms with Gasteiger partial charge in [0.2, 0.25) is 0 Å². The van der Waals surface area contributed by atoms with Gasteiger partial charge >= 0.3 is 11.9 Å². The number of carbonyl (C=O) groups excluding carboxylic acids is 2. The summed E-state index contributed by atoms with van der Waals surface area (Å²) in [6.45, 7) is 4.43. The zero-order valence-corrected chi connectivity index (χ0v) is 20.9. The molecule has 10 heteroatoms. The van der Waals surface area contributed by atoms with Gasteiger partial charge in [-0.3, -0.25) is 15.0 Å². The highest BCUT2D eigenvalue weighted by atomic mass is 16.6. The molecule has 2 aromatic rings. The van der Waals surface area contributed by atoms with Crippen LogP contribution in [0.4, 0.5) is 5.69 Å². The Kier molecular flexibility index (Phi) is 9.13. The van der Waals surface area contributed by atoms with Crippen LogP contribution >= 0.6 is 0 Å². The number of ether oxygens (including phenoxy) is 2. The van der Waals surface area contributed by atoms with Crippen molar-refractivity contribution in [2.75, 3.05) is 26.8 Å². The molecule has 1 unspecified atom stereocenters. The Balaban J connectivity index is 1.90. The number of likely N-dealkylation sites (N-methyl/N-ethyl adjacent to an activating group) is 1. The van der Waals surface area contributed by atoms with Gasteiger partial charge in [0.15, 0.2) is 0 Å². The molecule has 192 valence electrons. The SMILES string of the molecule is CCOC(=O)C1=C(C#N)NC(C)=C(C(=O)OCCN(C)Cc2ccccc2)C1c1cccc([N+](=O)[O-])c1. The van der Waals surface area contributed by atoms with Crippen molar-refractivity contribution in [2.45, 2.75) is 26.3 Å². The van der Waals surface area contributed by atoms with Gasteiger partial charge in [0.1, 0.15) is 18.4 Å². The van der Waals surface area contributed by atoms with Gasteiger partial charge in [-0.2, -0.15) is 5.26 Å². The minimum absolute atomic E-state index is 0.0406. The summed E-state index contributed by atoms with van der Waals surface area (Å²) < 4.78 is 10.7. The van der Waals surface area contributed by atoms with Crippen LogP contribution in [0.1, 0.15) is 30.9 Å². The number of nitro groups is 1. The Bertz CT molecular complexity index is 1280. The summed E-state index contributed by atoms with van der Waals surface area (Å²) in [5, 5.41) is 23.9. The lowest BCUT2D eigenvalue weighted by atomic mass is 9.80. The topological polar surface area (TPSA) is 135 Å². The van der Waals surface area contributed by atoms with E-state index in [1.54, 1.807) is 19.9 Å². The first-order valence-electron chi connectivity index (χ1n) is 11.7. The molecule has 0 saturated heterocycles. The standard InChI is InChI=1S/C27H28N4O6/c1-4-36-27(33)25-22(16-28)29-18(2)23(24(25)20-11-8-12-21(15-20)31(34)35)26(32)37-14-13-30(3)17-19-9-6-5-7-10-19/h5-12,15,24,29H,4,13-14,17H2,1-3H3. The predicted octanol–water partition coefficient (Wildman–Crippen LogP) is 3.57. The predicted molar refractivity (Wildman–Crippen MR) is 135 cm³/mol. The molecule has 0 fully saturated rings. The molecule has 1 N–H and O–H groups in total. The van der Waals surface area contributed by atoms with Crippen LogP contribution in [0.25, 0.3) is 0 Å². The molecule has 0 spiro atoms. The van der Waals surface area contributed by atoms with E-state index in [1.165, 1.54) is 18.2 Å². The second kappa shape index (κ2) is 12.5. The number of benzene rings is 2. The number of esters is 2. The Morgan fingerprint density at radius 3 is 2.46 bits per heavy atom. The summed E-state index contributed by atoms with van der Waals surface area (Å²) in [6.07, 6.45) is 0. The van der Waals surface area contributed by atoms with Gasteiger partial charge in [0.25, 0.3) is 5.69 Å². The molecule has 1 heterocycles. The molecular formula is C27H28N4O6. The first kappa shape index (κ1) is 27.1. The van der Waals surface area contributed by atoms with Crippen LogP contribution in [0.3, 0.4) is 0 Å². The van der Waals surface area contributed by atoms with Gasteiger partial charge in [-0.05, 0) is 32.0 Å². The van der Waals surface area contributed by atoms with Crippen LogP contribution < -0.4 is 5.32 Å². The smallest absolute Gasteiger partial charge is 0.337 e. The van der Waals surface area contributed by atoms with Crippen LogP contribution in [-0.2, 0) is 25.6 Å². The van der Waals surface area contributed by atoms with E-state index < -0.39 is 22.8 Å². The van der Waals surface area contributed by atoms with Crippen molar-refractivity contribution in [3.63, 3.8) is 0 Å². The zero-order chi connectivity index (χ0) is 26.9. The van der Waals surface area contributed by atoms with E-state index in [9.17, 15) is 25.0 Å².